The number of cyclic esters (lactones) is 1. The zero-order chi connectivity index (χ0) is 23.5. The molecule has 0 spiro atoms. The van der Waals surface area contributed by atoms with E-state index in [9.17, 15) is 18.0 Å². The number of nitrogens with zero attached hydrogens (tertiary/aromatic N) is 1. The highest BCUT2D eigenvalue weighted by Gasteiger charge is 2.32. The lowest BCUT2D eigenvalue weighted by Gasteiger charge is -2.25. The molecule has 1 aliphatic rings. The Labute approximate surface area is 188 Å². The van der Waals surface area contributed by atoms with E-state index in [1.54, 1.807) is 38.1 Å². The fraction of sp³-hybridized carbons (Fsp3) is 0.391. The van der Waals surface area contributed by atoms with E-state index < -0.39 is 28.0 Å². The second-order valence-corrected chi connectivity index (χ2v) is 9.60. The number of carbonyl (C=O) groups is 2. The Kier molecular flexibility index (Phi) is 7.20. The highest BCUT2D eigenvalue weighted by molar-refractivity contribution is 7.89. The number of anilines is 1. The van der Waals surface area contributed by atoms with Gasteiger partial charge in [0.1, 0.15) is 5.75 Å². The van der Waals surface area contributed by atoms with Crippen molar-refractivity contribution >= 4 is 27.6 Å². The monoisotopic (exact) mass is 460 g/mol. The number of ether oxygens (including phenoxy) is 2. The van der Waals surface area contributed by atoms with Gasteiger partial charge in [0.25, 0.3) is 5.91 Å². The van der Waals surface area contributed by atoms with Crippen molar-refractivity contribution in [2.45, 2.75) is 51.2 Å². The van der Waals surface area contributed by atoms with Gasteiger partial charge in [0.2, 0.25) is 10.0 Å². The molecule has 2 aromatic carbocycles. The van der Waals surface area contributed by atoms with Crippen LogP contribution in [0.1, 0.15) is 43.6 Å². The first kappa shape index (κ1) is 23.7. The maximum atomic E-state index is 13.0. The summed E-state index contributed by atoms with van der Waals surface area (Å²) in [6, 6.07) is 11.3. The largest absolute Gasteiger partial charge is 0.489 e. The van der Waals surface area contributed by atoms with E-state index in [0.717, 1.165) is 5.56 Å². The van der Waals surface area contributed by atoms with Crippen LogP contribution in [0.3, 0.4) is 0 Å². The molecule has 8 nitrogen and oxygen atoms in total. The Morgan fingerprint density at radius 1 is 1.19 bits per heavy atom. The Bertz CT molecular complexity index is 1110. The van der Waals surface area contributed by atoms with Crippen molar-refractivity contribution in [1.82, 2.24) is 4.31 Å². The number of carbonyl (C=O) groups excluding carboxylic acids is 2. The quantitative estimate of drug-likeness (QED) is 0.607. The van der Waals surface area contributed by atoms with Crippen LogP contribution in [0.4, 0.5) is 5.69 Å². The first-order valence-corrected chi connectivity index (χ1v) is 12.0. The number of sulfonamides is 1. The number of benzene rings is 2. The Morgan fingerprint density at radius 3 is 2.53 bits per heavy atom. The summed E-state index contributed by atoms with van der Waals surface area (Å²) in [4.78, 5) is 25.3. The molecule has 32 heavy (non-hydrogen) atoms. The molecule has 1 heterocycles. The van der Waals surface area contributed by atoms with Crippen molar-refractivity contribution in [3.8, 4) is 5.75 Å². The molecule has 2 aromatic rings. The standard InChI is InChI=1S/C23H28N2O6S/c1-5-25(6-2)32(28,29)17-11-12-20(30-15(3)4)19(14-17)24-22(26)21-13-16-9-7-8-10-18(16)23(27)31-21/h7-12,14-15,21H,5-6,13H2,1-4H3,(H,24,26). The van der Waals surface area contributed by atoms with Crippen LogP contribution in [-0.2, 0) is 26.0 Å². The van der Waals surface area contributed by atoms with Crippen LogP contribution in [0, 0.1) is 0 Å². The molecule has 9 heteroatoms. The first-order chi connectivity index (χ1) is 15.2. The van der Waals surface area contributed by atoms with E-state index in [4.69, 9.17) is 9.47 Å². The molecule has 172 valence electrons. The van der Waals surface area contributed by atoms with E-state index >= 15 is 0 Å². The Morgan fingerprint density at radius 2 is 1.88 bits per heavy atom. The third-order valence-electron chi connectivity index (χ3n) is 5.10. The number of rotatable bonds is 8. The predicted octanol–water partition coefficient (Wildman–Crippen LogP) is 3.22. The summed E-state index contributed by atoms with van der Waals surface area (Å²) in [5.41, 5.74) is 1.36. The average Bonchev–Trinajstić information content (AvgIpc) is 2.75. The SMILES string of the molecule is CCN(CC)S(=O)(=O)c1ccc(OC(C)C)c(NC(=O)C2Cc3ccccc3C(=O)O2)c1. The van der Waals surface area contributed by atoms with E-state index in [1.165, 1.54) is 22.5 Å². The van der Waals surface area contributed by atoms with Crippen LogP contribution < -0.4 is 10.1 Å². The summed E-state index contributed by atoms with van der Waals surface area (Å²) in [5.74, 6) is -0.795. The lowest BCUT2D eigenvalue weighted by atomic mass is 9.98. The van der Waals surface area contributed by atoms with Crippen LogP contribution in [-0.4, -0.2) is 49.9 Å². The Balaban J connectivity index is 1.91. The van der Waals surface area contributed by atoms with Crippen molar-refractivity contribution in [2.24, 2.45) is 0 Å². The molecular weight excluding hydrogens is 432 g/mol. The van der Waals surface area contributed by atoms with E-state index in [-0.39, 0.29) is 23.1 Å². The van der Waals surface area contributed by atoms with Gasteiger partial charge >= 0.3 is 5.97 Å². The summed E-state index contributed by atoms with van der Waals surface area (Å²) in [6.07, 6.45) is -1.01. The van der Waals surface area contributed by atoms with Gasteiger partial charge in [0.15, 0.2) is 6.10 Å². The highest BCUT2D eigenvalue weighted by atomic mass is 32.2. The van der Waals surface area contributed by atoms with Crippen molar-refractivity contribution in [1.29, 1.82) is 0 Å². The molecule has 1 unspecified atom stereocenters. The van der Waals surface area contributed by atoms with Crippen LogP contribution in [0.2, 0.25) is 0 Å². The summed E-state index contributed by atoms with van der Waals surface area (Å²) in [5, 5.41) is 2.70. The van der Waals surface area contributed by atoms with E-state index in [0.29, 0.717) is 24.4 Å². The third-order valence-corrected chi connectivity index (χ3v) is 7.14. The molecular formula is C23H28N2O6S. The summed E-state index contributed by atoms with van der Waals surface area (Å²) < 4.78 is 38.3. The smallest absolute Gasteiger partial charge is 0.339 e. The number of esters is 1. The maximum Gasteiger partial charge on any atom is 0.339 e. The van der Waals surface area contributed by atoms with Crippen molar-refractivity contribution in [3.05, 3.63) is 53.6 Å². The van der Waals surface area contributed by atoms with Crippen molar-refractivity contribution < 1.29 is 27.5 Å². The predicted molar refractivity (Wildman–Crippen MR) is 120 cm³/mol. The lowest BCUT2D eigenvalue weighted by molar-refractivity contribution is -0.125. The minimum atomic E-state index is -3.74. The van der Waals surface area contributed by atoms with Crippen LogP contribution in [0.15, 0.2) is 47.4 Å². The molecule has 0 aromatic heterocycles. The molecule has 0 saturated heterocycles. The molecule has 1 aliphatic heterocycles. The first-order valence-electron chi connectivity index (χ1n) is 10.6. The normalized spacial score (nSPS) is 15.9. The second kappa shape index (κ2) is 9.70. The summed E-state index contributed by atoms with van der Waals surface area (Å²) >= 11 is 0. The maximum absolute atomic E-state index is 13.0. The number of hydrogen-bond donors (Lipinski definition) is 1. The van der Waals surface area contributed by atoms with E-state index in [1.807, 2.05) is 13.8 Å². The molecule has 1 amide bonds. The molecule has 1 atom stereocenters. The van der Waals surface area contributed by atoms with Crippen LogP contribution in [0.25, 0.3) is 0 Å². The number of amides is 1. The number of hydrogen-bond acceptors (Lipinski definition) is 6. The van der Waals surface area contributed by atoms with Gasteiger partial charge in [-0.05, 0) is 43.7 Å². The molecule has 1 N–H and O–H groups in total. The van der Waals surface area contributed by atoms with E-state index in [2.05, 4.69) is 5.32 Å². The second-order valence-electron chi connectivity index (χ2n) is 7.66. The van der Waals surface area contributed by atoms with Crippen LogP contribution >= 0.6 is 0 Å². The molecule has 3 rings (SSSR count). The molecule has 0 bridgehead atoms. The average molecular weight is 461 g/mol. The summed E-state index contributed by atoms with van der Waals surface area (Å²) in [7, 11) is -3.74. The van der Waals surface area contributed by atoms with Crippen LogP contribution in [0.5, 0.6) is 5.75 Å². The number of fused-ring (bicyclic) bond motifs is 1. The third kappa shape index (κ3) is 4.94. The summed E-state index contributed by atoms with van der Waals surface area (Å²) in [6.45, 7) is 7.81. The molecule has 0 saturated carbocycles. The fourth-order valence-electron chi connectivity index (χ4n) is 3.53. The Hall–Kier alpha value is -2.91. The van der Waals surface area contributed by atoms with Gasteiger partial charge in [-0.3, -0.25) is 4.79 Å². The molecule has 0 fully saturated rings. The highest BCUT2D eigenvalue weighted by Crippen LogP contribution is 2.31. The topological polar surface area (TPSA) is 102 Å². The van der Waals surface area contributed by atoms with Gasteiger partial charge in [-0.25, -0.2) is 13.2 Å². The number of nitrogens with one attached hydrogen (secondary N) is 1. The fourth-order valence-corrected chi connectivity index (χ4v) is 5.01. The minimum absolute atomic E-state index is 0.0404. The lowest BCUT2D eigenvalue weighted by Crippen LogP contribution is -2.38. The van der Waals surface area contributed by atoms with Gasteiger partial charge in [-0.1, -0.05) is 32.0 Å². The minimum Gasteiger partial charge on any atom is -0.489 e. The van der Waals surface area contributed by atoms with Gasteiger partial charge in [-0.15, -0.1) is 0 Å². The van der Waals surface area contributed by atoms with Gasteiger partial charge < -0.3 is 14.8 Å². The zero-order valence-corrected chi connectivity index (χ0v) is 19.4. The van der Waals surface area contributed by atoms with Crippen molar-refractivity contribution in [2.75, 3.05) is 18.4 Å². The van der Waals surface area contributed by atoms with Gasteiger partial charge in [-0.2, -0.15) is 4.31 Å². The van der Waals surface area contributed by atoms with Gasteiger partial charge in [0, 0.05) is 19.5 Å². The van der Waals surface area contributed by atoms with Gasteiger partial charge in [0.05, 0.1) is 22.3 Å². The zero-order valence-electron chi connectivity index (χ0n) is 18.6. The van der Waals surface area contributed by atoms with Crippen molar-refractivity contribution in [3.63, 3.8) is 0 Å². The molecule has 0 aliphatic carbocycles. The molecule has 0 radical (unpaired) electrons.